The highest BCUT2D eigenvalue weighted by Gasteiger charge is 2.21. The molecule has 84 valence electrons. The molecule has 5 nitrogen and oxygen atoms in total. The molecule has 1 heterocycles. The Morgan fingerprint density at radius 1 is 1.44 bits per heavy atom. The molecule has 6 heteroatoms. The quantitative estimate of drug-likeness (QED) is 0.487. The Balaban J connectivity index is 2.29. The zero-order chi connectivity index (χ0) is 11.7. The van der Waals surface area contributed by atoms with Gasteiger partial charge in [-0.15, -0.1) is 0 Å². The number of nitro groups is 1. The van der Waals surface area contributed by atoms with Gasteiger partial charge in [0.2, 0.25) is 0 Å². The molecule has 0 aromatic heterocycles. The average molecular weight is 238 g/mol. The molecule has 0 spiro atoms. The Morgan fingerprint density at radius 3 is 2.50 bits per heavy atom. The van der Waals surface area contributed by atoms with Crippen LogP contribution in [0, 0.1) is 10.1 Å². The van der Waals surface area contributed by atoms with Gasteiger partial charge in [0.25, 0.3) is 5.69 Å². The molecule has 0 unspecified atom stereocenters. The largest absolute Gasteiger partial charge is 0.510 e. The summed E-state index contributed by atoms with van der Waals surface area (Å²) in [5.74, 6) is 0.307. The smallest absolute Gasteiger partial charge is 0.269 e. The van der Waals surface area contributed by atoms with Crippen molar-refractivity contribution >= 4 is 22.5 Å². The molecule has 1 N–H and O–H groups in total. The van der Waals surface area contributed by atoms with Crippen molar-refractivity contribution in [3.05, 3.63) is 45.7 Å². The molecule has 0 atom stereocenters. The predicted octanol–water partition coefficient (Wildman–Crippen LogP) is 2.42. The van der Waals surface area contributed by atoms with Gasteiger partial charge in [0.1, 0.15) is 5.76 Å². The molecule has 1 aliphatic heterocycles. The SMILES string of the molecule is CN1CC(O)=C(c2ccc([N+](=O)[O-])cc2)S1. The van der Waals surface area contributed by atoms with Crippen molar-refractivity contribution in [3.8, 4) is 0 Å². The fraction of sp³-hybridized carbons (Fsp3) is 0.200. The molecule has 1 aliphatic rings. The van der Waals surface area contributed by atoms with E-state index < -0.39 is 4.92 Å². The number of aliphatic hydroxyl groups excluding tert-OH is 1. The van der Waals surface area contributed by atoms with Gasteiger partial charge in [-0.25, -0.2) is 4.31 Å². The Bertz CT molecular complexity index is 456. The van der Waals surface area contributed by atoms with Crippen molar-refractivity contribution in [2.75, 3.05) is 13.6 Å². The van der Waals surface area contributed by atoms with Crippen LogP contribution in [0.15, 0.2) is 30.0 Å². The number of rotatable bonds is 2. The van der Waals surface area contributed by atoms with Crippen LogP contribution in [0.3, 0.4) is 0 Å². The Hall–Kier alpha value is -1.53. The van der Waals surface area contributed by atoms with Crippen LogP contribution in [0.25, 0.3) is 4.91 Å². The van der Waals surface area contributed by atoms with E-state index in [1.165, 1.54) is 24.1 Å². The van der Waals surface area contributed by atoms with Gasteiger partial charge in [-0.1, -0.05) is 0 Å². The summed E-state index contributed by atoms with van der Waals surface area (Å²) in [5, 5.41) is 20.2. The van der Waals surface area contributed by atoms with Crippen molar-refractivity contribution in [1.29, 1.82) is 0 Å². The third-order valence-corrected chi connectivity index (χ3v) is 3.32. The second kappa shape index (κ2) is 4.15. The molecular formula is C10H10N2O3S. The van der Waals surface area contributed by atoms with Crippen LogP contribution in [0.1, 0.15) is 5.56 Å². The minimum atomic E-state index is -0.439. The summed E-state index contributed by atoms with van der Waals surface area (Å²) in [6.07, 6.45) is 0. The van der Waals surface area contributed by atoms with Crippen molar-refractivity contribution < 1.29 is 10.0 Å². The molecule has 16 heavy (non-hydrogen) atoms. The molecule has 0 aliphatic carbocycles. The highest BCUT2D eigenvalue weighted by atomic mass is 32.2. The lowest BCUT2D eigenvalue weighted by molar-refractivity contribution is -0.384. The van der Waals surface area contributed by atoms with Gasteiger partial charge in [-0.3, -0.25) is 10.1 Å². The Morgan fingerprint density at radius 2 is 2.06 bits per heavy atom. The number of benzene rings is 1. The number of likely N-dealkylation sites (N-methyl/N-ethyl adjacent to an activating group) is 1. The van der Waals surface area contributed by atoms with Gasteiger partial charge in [0.15, 0.2) is 0 Å². The van der Waals surface area contributed by atoms with Gasteiger partial charge in [0, 0.05) is 12.1 Å². The molecule has 0 radical (unpaired) electrons. The maximum Gasteiger partial charge on any atom is 0.269 e. The van der Waals surface area contributed by atoms with E-state index in [1.54, 1.807) is 12.1 Å². The van der Waals surface area contributed by atoms with Crippen molar-refractivity contribution in [1.82, 2.24) is 4.31 Å². The van der Waals surface area contributed by atoms with Crippen molar-refractivity contribution in [2.45, 2.75) is 0 Å². The number of non-ortho nitro benzene ring substituents is 1. The first-order chi connectivity index (χ1) is 7.58. The molecule has 0 saturated carbocycles. The predicted molar refractivity (Wildman–Crippen MR) is 62.9 cm³/mol. The van der Waals surface area contributed by atoms with Gasteiger partial charge >= 0.3 is 0 Å². The Labute approximate surface area is 96.7 Å². The van der Waals surface area contributed by atoms with Crippen LogP contribution in [0.4, 0.5) is 5.69 Å². The fourth-order valence-electron chi connectivity index (χ4n) is 1.48. The van der Waals surface area contributed by atoms with Crippen LogP contribution in [-0.4, -0.2) is 27.9 Å². The van der Waals surface area contributed by atoms with E-state index in [9.17, 15) is 15.2 Å². The topological polar surface area (TPSA) is 66.6 Å². The number of aliphatic hydroxyl groups is 1. The summed E-state index contributed by atoms with van der Waals surface area (Å²) in [6.45, 7) is 0.497. The zero-order valence-electron chi connectivity index (χ0n) is 8.58. The summed E-state index contributed by atoms with van der Waals surface area (Å²) in [5.41, 5.74) is 0.859. The summed E-state index contributed by atoms with van der Waals surface area (Å²) < 4.78 is 1.89. The zero-order valence-corrected chi connectivity index (χ0v) is 9.40. The monoisotopic (exact) mass is 238 g/mol. The highest BCUT2D eigenvalue weighted by molar-refractivity contribution is 8.06. The van der Waals surface area contributed by atoms with E-state index in [1.807, 2.05) is 11.4 Å². The van der Waals surface area contributed by atoms with Crippen LogP contribution >= 0.6 is 11.9 Å². The van der Waals surface area contributed by atoms with Crippen LogP contribution in [0.2, 0.25) is 0 Å². The Kier molecular flexibility index (Phi) is 2.84. The van der Waals surface area contributed by atoms with Gasteiger partial charge in [-0.05, 0) is 36.7 Å². The maximum atomic E-state index is 10.5. The van der Waals surface area contributed by atoms with E-state index in [-0.39, 0.29) is 5.69 Å². The number of nitro benzene ring substituents is 1. The first-order valence-electron chi connectivity index (χ1n) is 4.64. The fourth-order valence-corrected chi connectivity index (χ4v) is 2.39. The van der Waals surface area contributed by atoms with E-state index in [4.69, 9.17) is 0 Å². The lowest BCUT2D eigenvalue weighted by Crippen LogP contribution is -2.05. The summed E-state index contributed by atoms with van der Waals surface area (Å²) >= 11 is 1.43. The van der Waals surface area contributed by atoms with Gasteiger partial charge in [-0.2, -0.15) is 0 Å². The number of hydrogen-bond donors (Lipinski definition) is 1. The molecule has 1 aromatic rings. The van der Waals surface area contributed by atoms with E-state index >= 15 is 0 Å². The van der Waals surface area contributed by atoms with Gasteiger partial charge in [0.05, 0.1) is 16.4 Å². The summed E-state index contributed by atoms with van der Waals surface area (Å²) in [6, 6.07) is 6.18. The molecule has 0 bridgehead atoms. The van der Waals surface area contributed by atoms with Crippen LogP contribution in [0.5, 0.6) is 0 Å². The van der Waals surface area contributed by atoms with Crippen LogP contribution < -0.4 is 0 Å². The minimum absolute atomic E-state index is 0.0557. The second-order valence-corrected chi connectivity index (χ2v) is 4.67. The highest BCUT2D eigenvalue weighted by Crippen LogP contribution is 2.38. The van der Waals surface area contributed by atoms with E-state index in [2.05, 4.69) is 0 Å². The average Bonchev–Trinajstić information content (AvgIpc) is 2.58. The minimum Gasteiger partial charge on any atom is -0.510 e. The van der Waals surface area contributed by atoms with Crippen molar-refractivity contribution in [3.63, 3.8) is 0 Å². The lowest BCUT2D eigenvalue weighted by Gasteiger charge is -2.05. The number of hydrogen-bond acceptors (Lipinski definition) is 5. The third-order valence-electron chi connectivity index (χ3n) is 2.22. The number of nitrogens with zero attached hydrogens (tertiary/aromatic N) is 2. The first kappa shape index (κ1) is 11.0. The summed E-state index contributed by atoms with van der Waals surface area (Å²) in [7, 11) is 1.87. The molecule has 0 saturated heterocycles. The van der Waals surface area contributed by atoms with E-state index in [0.717, 1.165) is 10.5 Å². The molecule has 1 aromatic carbocycles. The molecule has 0 amide bonds. The standard InChI is InChI=1S/C10H10N2O3S/c1-11-6-9(13)10(16-11)7-2-4-8(5-3-7)12(14)15/h2-5,13H,6H2,1H3. The van der Waals surface area contributed by atoms with Crippen molar-refractivity contribution in [2.24, 2.45) is 0 Å². The second-order valence-electron chi connectivity index (χ2n) is 3.46. The summed E-state index contributed by atoms with van der Waals surface area (Å²) in [4.78, 5) is 10.8. The molecular weight excluding hydrogens is 228 g/mol. The first-order valence-corrected chi connectivity index (χ1v) is 5.41. The van der Waals surface area contributed by atoms with Gasteiger partial charge < -0.3 is 5.11 Å². The maximum absolute atomic E-state index is 10.5. The van der Waals surface area contributed by atoms with Crippen LogP contribution in [-0.2, 0) is 0 Å². The normalized spacial score (nSPS) is 16.8. The third kappa shape index (κ3) is 2.02. The lowest BCUT2D eigenvalue weighted by atomic mass is 10.2. The van der Waals surface area contributed by atoms with E-state index in [0.29, 0.717) is 12.3 Å². The molecule has 2 rings (SSSR count). The molecule has 0 fully saturated rings.